The van der Waals surface area contributed by atoms with E-state index in [2.05, 4.69) is 79.9 Å². The van der Waals surface area contributed by atoms with E-state index in [4.69, 9.17) is 0 Å². The number of rotatable bonds is 40. The van der Waals surface area contributed by atoms with Gasteiger partial charge in [0.15, 0.2) is 0 Å². The number of aliphatic hydroxyl groups excluding tert-OH is 1. The summed E-state index contributed by atoms with van der Waals surface area (Å²) < 4.78 is 32.6. The maximum atomic E-state index is 12.5. The molecule has 0 bridgehead atoms. The van der Waals surface area contributed by atoms with Crippen LogP contribution in [0, 0.1) is 0 Å². The predicted octanol–water partition coefficient (Wildman–Crippen LogP) is 13.8. The molecule has 0 aliphatic rings. The van der Waals surface area contributed by atoms with Crippen LogP contribution in [0.25, 0.3) is 0 Å². The van der Waals surface area contributed by atoms with Gasteiger partial charge in [0, 0.05) is 6.42 Å². The molecule has 0 spiro atoms. The summed E-state index contributed by atoms with van der Waals surface area (Å²) in [4.78, 5) is 12.5. The van der Waals surface area contributed by atoms with Crippen molar-refractivity contribution in [3.8, 4) is 0 Å². The van der Waals surface area contributed by atoms with E-state index in [1.807, 2.05) is 6.08 Å². The molecule has 0 aromatic rings. The van der Waals surface area contributed by atoms with Crippen molar-refractivity contribution in [2.24, 2.45) is 0 Å². The summed E-state index contributed by atoms with van der Waals surface area (Å²) in [7, 11) is -4.37. The molecule has 0 saturated heterocycles. The van der Waals surface area contributed by atoms with Crippen molar-refractivity contribution in [1.82, 2.24) is 5.32 Å². The zero-order valence-electron chi connectivity index (χ0n) is 35.5. The monoisotopic (exact) mass is 788 g/mol. The van der Waals surface area contributed by atoms with E-state index in [0.29, 0.717) is 12.8 Å². The van der Waals surface area contributed by atoms with Gasteiger partial charge < -0.3 is 10.4 Å². The van der Waals surface area contributed by atoms with Gasteiger partial charge in [-0.25, -0.2) is 0 Å². The maximum Gasteiger partial charge on any atom is 0.267 e. The van der Waals surface area contributed by atoms with E-state index >= 15 is 0 Å². The second kappa shape index (κ2) is 41.4. The van der Waals surface area contributed by atoms with Crippen LogP contribution in [0.5, 0.6) is 0 Å². The molecule has 0 fully saturated rings. The fourth-order valence-corrected chi connectivity index (χ4v) is 7.25. The van der Waals surface area contributed by atoms with Gasteiger partial charge in [-0.1, -0.05) is 202 Å². The van der Waals surface area contributed by atoms with Crippen molar-refractivity contribution in [1.29, 1.82) is 0 Å². The van der Waals surface area contributed by atoms with Crippen LogP contribution in [0.15, 0.2) is 72.9 Å². The first-order valence-corrected chi connectivity index (χ1v) is 24.2. The molecule has 55 heavy (non-hydrogen) atoms. The largest absolute Gasteiger partial charge is 0.387 e. The van der Waals surface area contributed by atoms with Crippen LogP contribution in [-0.4, -0.2) is 41.9 Å². The molecule has 0 saturated carbocycles. The Labute approximate surface area is 340 Å². The molecule has 0 radical (unpaired) electrons. The molecule has 0 aliphatic heterocycles. The molecule has 1 amide bonds. The van der Waals surface area contributed by atoms with Gasteiger partial charge >= 0.3 is 0 Å². The summed E-state index contributed by atoms with van der Waals surface area (Å²) in [5.74, 6) is -1.02. The summed E-state index contributed by atoms with van der Waals surface area (Å²) in [5, 5.41) is 13.2. The minimum absolute atomic E-state index is 0.268. The lowest BCUT2D eigenvalue weighted by Gasteiger charge is -2.21. The SMILES string of the molecule is CC/C=C\C/C=C\C/C=C\C/C=C\CCCCCCCCC(=O)NC(CS(=O)(=O)O)C(O)/C=C/CC/C=C/CCCCCCCCCCCCCCCCC. The number of carbonyl (C=O) groups excluding carboxylic acids is 1. The van der Waals surface area contributed by atoms with Gasteiger partial charge in [-0.15, -0.1) is 0 Å². The number of unbranched alkanes of at least 4 members (excludes halogenated alkanes) is 22. The Balaban J connectivity index is 3.95. The number of hydrogen-bond donors (Lipinski definition) is 3. The molecular formula is C48H85NO5S. The molecule has 6 nitrogen and oxygen atoms in total. The molecular weight excluding hydrogens is 703 g/mol. The normalized spacial score (nSPS) is 13.9. The summed E-state index contributed by atoms with van der Waals surface area (Å²) in [5.41, 5.74) is 0. The first-order chi connectivity index (χ1) is 26.8. The average molecular weight is 788 g/mol. The van der Waals surface area contributed by atoms with Gasteiger partial charge in [0.05, 0.1) is 17.9 Å². The fraction of sp³-hybridized carbons (Fsp3) is 0.729. The van der Waals surface area contributed by atoms with Crippen LogP contribution in [-0.2, 0) is 14.9 Å². The number of allylic oxidation sites excluding steroid dienone is 11. The van der Waals surface area contributed by atoms with Crippen LogP contribution >= 0.6 is 0 Å². The van der Waals surface area contributed by atoms with Crippen molar-refractivity contribution in [3.05, 3.63) is 72.9 Å². The highest BCUT2D eigenvalue weighted by molar-refractivity contribution is 7.85. The molecule has 0 rings (SSSR count). The van der Waals surface area contributed by atoms with E-state index in [1.165, 1.54) is 102 Å². The van der Waals surface area contributed by atoms with Gasteiger partial charge in [-0.3, -0.25) is 9.35 Å². The third kappa shape index (κ3) is 42.8. The number of amides is 1. The van der Waals surface area contributed by atoms with E-state index in [-0.39, 0.29) is 12.3 Å². The molecule has 2 unspecified atom stereocenters. The average Bonchev–Trinajstić information content (AvgIpc) is 3.15. The Morgan fingerprint density at radius 1 is 0.509 bits per heavy atom. The minimum Gasteiger partial charge on any atom is -0.387 e. The third-order valence-corrected chi connectivity index (χ3v) is 10.6. The predicted molar refractivity (Wildman–Crippen MR) is 239 cm³/mol. The summed E-state index contributed by atoms with van der Waals surface area (Å²) in [6, 6.07) is -1.09. The number of hydrogen-bond acceptors (Lipinski definition) is 4. The maximum absolute atomic E-state index is 12.5. The van der Waals surface area contributed by atoms with Crippen molar-refractivity contribution < 1.29 is 22.9 Å². The Kier molecular flexibility index (Phi) is 39.7. The Morgan fingerprint density at radius 2 is 0.891 bits per heavy atom. The molecule has 0 aromatic heterocycles. The molecule has 2 atom stereocenters. The first kappa shape index (κ1) is 52.8. The zero-order valence-corrected chi connectivity index (χ0v) is 36.3. The Bertz CT molecular complexity index is 1140. The highest BCUT2D eigenvalue weighted by atomic mass is 32.2. The quantitative estimate of drug-likeness (QED) is 0.0326. The second-order valence-corrected chi connectivity index (χ2v) is 16.8. The van der Waals surface area contributed by atoms with E-state index in [0.717, 1.165) is 77.0 Å². The minimum atomic E-state index is -4.37. The van der Waals surface area contributed by atoms with Crippen LogP contribution in [0.4, 0.5) is 0 Å². The molecule has 0 aliphatic carbocycles. The van der Waals surface area contributed by atoms with Crippen LogP contribution in [0.3, 0.4) is 0 Å². The highest BCUT2D eigenvalue weighted by Gasteiger charge is 2.24. The lowest BCUT2D eigenvalue weighted by Crippen LogP contribution is -2.46. The Hall–Kier alpha value is -2.22. The fourth-order valence-electron chi connectivity index (χ4n) is 6.52. The van der Waals surface area contributed by atoms with E-state index < -0.39 is 28.0 Å². The smallest absolute Gasteiger partial charge is 0.267 e. The molecule has 318 valence electrons. The first-order valence-electron chi connectivity index (χ1n) is 22.6. The number of carbonyl (C=O) groups is 1. The van der Waals surface area contributed by atoms with Crippen LogP contribution < -0.4 is 5.32 Å². The lowest BCUT2D eigenvalue weighted by molar-refractivity contribution is -0.122. The molecule has 7 heteroatoms. The summed E-state index contributed by atoms with van der Waals surface area (Å²) >= 11 is 0. The standard InChI is InChI=1S/C48H85NO5S/c1-3-5-7-9-11-13-15-17-19-21-23-24-26-27-29-31-33-35-37-39-41-43-47(50)46(45-55(52,53)54)49-48(51)44-42-40-38-36-34-32-30-28-25-22-20-18-16-14-12-10-8-6-4-2/h6,8,12,14,18,20,25,28,33,35,41,43,46-47,50H,3-5,7,9-11,13,15-17,19,21-24,26-27,29-32,34,36-40,42,44-45H2,1-2H3,(H,49,51)(H,52,53,54)/b8-6-,14-12-,20-18-,28-25-,35-33+,43-41+. The summed E-state index contributed by atoms with van der Waals surface area (Å²) in [6.45, 7) is 4.42. The van der Waals surface area contributed by atoms with E-state index in [1.54, 1.807) is 0 Å². The topological polar surface area (TPSA) is 104 Å². The van der Waals surface area contributed by atoms with Gasteiger partial charge in [0.1, 0.15) is 0 Å². The van der Waals surface area contributed by atoms with Crippen molar-refractivity contribution in [2.75, 3.05) is 5.75 Å². The Morgan fingerprint density at radius 3 is 1.36 bits per heavy atom. The van der Waals surface area contributed by atoms with E-state index in [9.17, 15) is 22.9 Å². The van der Waals surface area contributed by atoms with Gasteiger partial charge in [-0.05, 0) is 70.6 Å². The summed E-state index contributed by atoms with van der Waals surface area (Å²) in [6.07, 6.45) is 58.9. The number of nitrogens with one attached hydrogen (secondary N) is 1. The van der Waals surface area contributed by atoms with Crippen molar-refractivity contribution in [3.63, 3.8) is 0 Å². The van der Waals surface area contributed by atoms with Crippen LogP contribution in [0.2, 0.25) is 0 Å². The second-order valence-electron chi connectivity index (χ2n) is 15.3. The lowest BCUT2D eigenvalue weighted by atomic mass is 10.0. The zero-order chi connectivity index (χ0) is 40.3. The highest BCUT2D eigenvalue weighted by Crippen LogP contribution is 2.14. The van der Waals surface area contributed by atoms with Crippen LogP contribution in [0.1, 0.15) is 206 Å². The molecule has 0 heterocycles. The van der Waals surface area contributed by atoms with Gasteiger partial charge in [-0.2, -0.15) is 8.42 Å². The third-order valence-electron chi connectivity index (χ3n) is 9.87. The molecule has 0 aromatic carbocycles. The van der Waals surface area contributed by atoms with Gasteiger partial charge in [0.25, 0.3) is 10.1 Å². The van der Waals surface area contributed by atoms with Gasteiger partial charge in [0.2, 0.25) is 5.91 Å². The number of aliphatic hydroxyl groups is 1. The molecule has 3 N–H and O–H groups in total. The van der Waals surface area contributed by atoms with Crippen molar-refractivity contribution >= 4 is 16.0 Å². The van der Waals surface area contributed by atoms with Crippen molar-refractivity contribution in [2.45, 2.75) is 219 Å².